The summed E-state index contributed by atoms with van der Waals surface area (Å²) in [7, 11) is 2.09. The van der Waals surface area contributed by atoms with E-state index in [0.717, 1.165) is 43.8 Å². The summed E-state index contributed by atoms with van der Waals surface area (Å²) in [5.74, 6) is 1.83. The minimum atomic E-state index is 0.118. The zero-order valence-electron chi connectivity index (χ0n) is 15.3. The predicted molar refractivity (Wildman–Crippen MR) is 96.1 cm³/mol. The number of amides is 2. The highest BCUT2D eigenvalue weighted by Gasteiger charge is 2.28. The van der Waals surface area contributed by atoms with Crippen LogP contribution in [0.1, 0.15) is 57.8 Å². The molecule has 2 N–H and O–H groups in total. The second-order valence-corrected chi connectivity index (χ2v) is 8.01. The highest BCUT2D eigenvalue weighted by molar-refractivity contribution is 5.74. The van der Waals surface area contributed by atoms with Crippen LogP contribution in [0.4, 0.5) is 4.79 Å². The summed E-state index contributed by atoms with van der Waals surface area (Å²) in [5.41, 5.74) is 0. The third-order valence-electron chi connectivity index (χ3n) is 6.39. The van der Waals surface area contributed by atoms with E-state index in [9.17, 15) is 4.79 Å². The number of ether oxygens (including phenoxy) is 1. The lowest BCUT2D eigenvalue weighted by Gasteiger charge is -2.35. The van der Waals surface area contributed by atoms with Gasteiger partial charge in [0.25, 0.3) is 0 Å². The number of rotatable bonds is 4. The molecule has 3 aliphatic rings. The fourth-order valence-electron chi connectivity index (χ4n) is 4.73. The maximum Gasteiger partial charge on any atom is 0.317 e. The number of nitrogens with zero attached hydrogens (tertiary/aromatic N) is 1. The lowest BCUT2D eigenvalue weighted by atomic mass is 9.76. The molecule has 0 spiro atoms. The zero-order valence-corrected chi connectivity index (χ0v) is 15.3. The smallest absolute Gasteiger partial charge is 0.317 e. The SMILES string of the molecule is CNC1CCC(CC2CCC(NC(=O)N3CCOCC3)CC2)CC1. The van der Waals surface area contributed by atoms with Crippen molar-refractivity contribution in [3.05, 3.63) is 0 Å². The Kier molecular flexibility index (Phi) is 6.78. The molecule has 138 valence electrons. The summed E-state index contributed by atoms with van der Waals surface area (Å²) in [5, 5.41) is 6.68. The zero-order chi connectivity index (χ0) is 16.8. The van der Waals surface area contributed by atoms with Gasteiger partial charge in [-0.2, -0.15) is 0 Å². The van der Waals surface area contributed by atoms with Gasteiger partial charge in [-0.25, -0.2) is 4.79 Å². The third-order valence-corrected chi connectivity index (χ3v) is 6.39. The maximum absolute atomic E-state index is 12.3. The van der Waals surface area contributed by atoms with E-state index in [4.69, 9.17) is 4.74 Å². The van der Waals surface area contributed by atoms with Gasteiger partial charge in [-0.1, -0.05) is 0 Å². The van der Waals surface area contributed by atoms with Crippen molar-refractivity contribution < 1.29 is 9.53 Å². The van der Waals surface area contributed by atoms with Crippen LogP contribution in [0.5, 0.6) is 0 Å². The minimum Gasteiger partial charge on any atom is -0.378 e. The normalized spacial score (nSPS) is 34.8. The quantitative estimate of drug-likeness (QED) is 0.829. The van der Waals surface area contributed by atoms with Crippen molar-refractivity contribution in [1.82, 2.24) is 15.5 Å². The van der Waals surface area contributed by atoms with Gasteiger partial charge < -0.3 is 20.3 Å². The molecular weight excluding hydrogens is 302 g/mol. The van der Waals surface area contributed by atoms with Gasteiger partial charge in [0.05, 0.1) is 13.2 Å². The molecule has 2 aliphatic carbocycles. The molecule has 5 nitrogen and oxygen atoms in total. The van der Waals surface area contributed by atoms with E-state index in [1.54, 1.807) is 0 Å². The average molecular weight is 338 g/mol. The maximum atomic E-state index is 12.3. The van der Waals surface area contributed by atoms with E-state index >= 15 is 0 Å². The molecule has 1 heterocycles. The van der Waals surface area contributed by atoms with Crippen LogP contribution in [-0.4, -0.2) is 56.4 Å². The largest absolute Gasteiger partial charge is 0.378 e. The molecule has 3 fully saturated rings. The summed E-state index contributed by atoms with van der Waals surface area (Å²) < 4.78 is 5.31. The second-order valence-electron chi connectivity index (χ2n) is 8.01. The number of carbonyl (C=O) groups is 1. The predicted octanol–water partition coefficient (Wildman–Crippen LogP) is 2.76. The first-order valence-corrected chi connectivity index (χ1v) is 10.0. The molecule has 2 amide bonds. The molecule has 0 aromatic heterocycles. The molecule has 0 atom stereocenters. The molecular formula is C19H35N3O2. The molecule has 0 aromatic rings. The molecule has 0 unspecified atom stereocenters. The van der Waals surface area contributed by atoms with Gasteiger partial charge in [-0.15, -0.1) is 0 Å². The van der Waals surface area contributed by atoms with Crippen molar-refractivity contribution in [1.29, 1.82) is 0 Å². The molecule has 2 saturated carbocycles. The van der Waals surface area contributed by atoms with Gasteiger partial charge in [0.15, 0.2) is 0 Å². The van der Waals surface area contributed by atoms with Gasteiger partial charge in [0.1, 0.15) is 0 Å². The minimum absolute atomic E-state index is 0.118. The Bertz CT molecular complexity index is 382. The van der Waals surface area contributed by atoms with Gasteiger partial charge in [0.2, 0.25) is 0 Å². The topological polar surface area (TPSA) is 53.6 Å². The first-order chi connectivity index (χ1) is 11.7. The Balaban J connectivity index is 1.33. The lowest BCUT2D eigenvalue weighted by Crippen LogP contribution is -2.49. The van der Waals surface area contributed by atoms with Crippen molar-refractivity contribution in [3.63, 3.8) is 0 Å². The van der Waals surface area contributed by atoms with E-state index in [1.165, 1.54) is 44.9 Å². The van der Waals surface area contributed by atoms with Gasteiger partial charge >= 0.3 is 6.03 Å². The molecule has 0 radical (unpaired) electrons. The Hall–Kier alpha value is -0.810. The average Bonchev–Trinajstić information content (AvgIpc) is 2.65. The Morgan fingerprint density at radius 1 is 0.917 bits per heavy atom. The van der Waals surface area contributed by atoms with Crippen molar-refractivity contribution in [3.8, 4) is 0 Å². The Morgan fingerprint density at radius 2 is 1.46 bits per heavy atom. The van der Waals surface area contributed by atoms with Crippen LogP contribution in [-0.2, 0) is 4.74 Å². The van der Waals surface area contributed by atoms with Crippen LogP contribution >= 0.6 is 0 Å². The summed E-state index contributed by atoms with van der Waals surface area (Å²) in [6.45, 7) is 2.82. The lowest BCUT2D eigenvalue weighted by molar-refractivity contribution is 0.0518. The van der Waals surface area contributed by atoms with Crippen LogP contribution in [0.3, 0.4) is 0 Å². The summed E-state index contributed by atoms with van der Waals surface area (Å²) in [4.78, 5) is 14.2. The van der Waals surface area contributed by atoms with Crippen molar-refractivity contribution in [2.45, 2.75) is 69.9 Å². The van der Waals surface area contributed by atoms with E-state index < -0.39 is 0 Å². The summed E-state index contributed by atoms with van der Waals surface area (Å²) >= 11 is 0. The van der Waals surface area contributed by atoms with Crippen LogP contribution in [0.25, 0.3) is 0 Å². The van der Waals surface area contributed by atoms with E-state index in [1.807, 2.05) is 4.90 Å². The number of urea groups is 1. The van der Waals surface area contributed by atoms with Gasteiger partial charge in [0, 0.05) is 25.2 Å². The first-order valence-electron chi connectivity index (χ1n) is 10.0. The first kappa shape index (κ1) is 18.0. The fourth-order valence-corrected chi connectivity index (χ4v) is 4.73. The number of hydrogen-bond donors (Lipinski definition) is 2. The molecule has 0 aromatic carbocycles. The fraction of sp³-hybridized carbons (Fsp3) is 0.947. The molecule has 1 aliphatic heterocycles. The van der Waals surface area contributed by atoms with Crippen molar-refractivity contribution in [2.75, 3.05) is 33.4 Å². The molecule has 1 saturated heterocycles. The Labute approximate surface area is 146 Å². The van der Waals surface area contributed by atoms with Gasteiger partial charge in [-0.05, 0) is 76.7 Å². The highest BCUT2D eigenvalue weighted by atomic mass is 16.5. The molecule has 0 bridgehead atoms. The number of morpholine rings is 1. The summed E-state index contributed by atoms with van der Waals surface area (Å²) in [6, 6.07) is 1.26. The van der Waals surface area contributed by atoms with E-state index in [0.29, 0.717) is 19.3 Å². The van der Waals surface area contributed by atoms with Crippen molar-refractivity contribution >= 4 is 6.03 Å². The van der Waals surface area contributed by atoms with Crippen LogP contribution in [0, 0.1) is 11.8 Å². The van der Waals surface area contributed by atoms with Crippen molar-refractivity contribution in [2.24, 2.45) is 11.8 Å². The number of carbonyl (C=O) groups excluding carboxylic acids is 1. The number of hydrogen-bond acceptors (Lipinski definition) is 3. The summed E-state index contributed by atoms with van der Waals surface area (Å²) in [6.07, 6.45) is 11.8. The van der Waals surface area contributed by atoms with Crippen LogP contribution in [0.2, 0.25) is 0 Å². The van der Waals surface area contributed by atoms with Gasteiger partial charge in [-0.3, -0.25) is 0 Å². The van der Waals surface area contributed by atoms with E-state index in [2.05, 4.69) is 17.7 Å². The number of nitrogens with one attached hydrogen (secondary N) is 2. The Morgan fingerprint density at radius 3 is 2.00 bits per heavy atom. The monoisotopic (exact) mass is 337 g/mol. The highest BCUT2D eigenvalue weighted by Crippen LogP contribution is 2.35. The molecule has 24 heavy (non-hydrogen) atoms. The van der Waals surface area contributed by atoms with Crippen LogP contribution < -0.4 is 10.6 Å². The molecule has 5 heteroatoms. The van der Waals surface area contributed by atoms with E-state index in [-0.39, 0.29) is 6.03 Å². The standard InChI is InChI=1S/C19H35N3O2/c1-20-17-6-2-15(3-7-17)14-16-4-8-18(9-5-16)21-19(23)22-10-12-24-13-11-22/h15-18,20H,2-14H2,1H3,(H,21,23). The molecule has 3 rings (SSSR count). The second kappa shape index (κ2) is 9.04. The third kappa shape index (κ3) is 5.09. The van der Waals surface area contributed by atoms with Crippen LogP contribution in [0.15, 0.2) is 0 Å².